The molecule has 0 saturated carbocycles. The van der Waals surface area contributed by atoms with Crippen LogP contribution in [-0.4, -0.2) is 37.6 Å². The third-order valence-corrected chi connectivity index (χ3v) is 3.44. The Labute approximate surface area is 108 Å². The fraction of sp³-hybridized carbons (Fsp3) is 0.455. The molecule has 1 atom stereocenters. The quantitative estimate of drug-likeness (QED) is 0.726. The van der Waals surface area contributed by atoms with Crippen LogP contribution in [-0.2, 0) is 9.53 Å². The molecule has 1 aliphatic heterocycles. The van der Waals surface area contributed by atoms with Gasteiger partial charge in [-0.1, -0.05) is 0 Å². The summed E-state index contributed by atoms with van der Waals surface area (Å²) in [6.07, 6.45) is 0.316. The maximum atomic E-state index is 11.8. The van der Waals surface area contributed by atoms with Crippen molar-refractivity contribution in [1.82, 2.24) is 5.32 Å². The van der Waals surface area contributed by atoms with Gasteiger partial charge in [-0.05, 0) is 11.4 Å². The van der Waals surface area contributed by atoms with Gasteiger partial charge in [0.15, 0.2) is 0 Å². The first-order valence-electron chi connectivity index (χ1n) is 5.65. The third kappa shape index (κ3) is 3.28. The number of hydrogen-bond donors (Lipinski definition) is 3. The summed E-state index contributed by atoms with van der Waals surface area (Å²) in [6, 6.07) is 1.63. The van der Waals surface area contributed by atoms with Crippen LogP contribution >= 0.6 is 11.3 Å². The Kier molecular flexibility index (Phi) is 4.29. The third-order valence-electron chi connectivity index (χ3n) is 2.61. The average Bonchev–Trinajstić information content (AvgIpc) is 2.78. The topological polar surface area (TPSA) is 93.5 Å². The molecule has 2 amide bonds. The van der Waals surface area contributed by atoms with Gasteiger partial charge in [0, 0.05) is 19.0 Å². The van der Waals surface area contributed by atoms with Crippen molar-refractivity contribution in [1.29, 1.82) is 0 Å². The maximum Gasteiger partial charge on any atom is 0.251 e. The summed E-state index contributed by atoms with van der Waals surface area (Å²) >= 11 is 1.28. The molecule has 0 radical (unpaired) electrons. The summed E-state index contributed by atoms with van der Waals surface area (Å²) < 4.78 is 5.27. The lowest BCUT2D eigenvalue weighted by molar-refractivity contribution is -0.117. The van der Waals surface area contributed by atoms with Gasteiger partial charge >= 0.3 is 0 Å². The molecule has 7 heteroatoms. The van der Waals surface area contributed by atoms with E-state index in [4.69, 9.17) is 10.5 Å². The normalized spacial score (nSPS) is 19.4. The van der Waals surface area contributed by atoms with E-state index < -0.39 is 5.91 Å². The number of ether oxygens (including phenoxy) is 1. The molecule has 4 N–H and O–H groups in total. The predicted octanol–water partition coefficient (Wildman–Crippen LogP) is 0.164. The first-order chi connectivity index (χ1) is 8.66. The highest BCUT2D eigenvalue weighted by Gasteiger charge is 2.18. The largest absolute Gasteiger partial charge is 0.378 e. The van der Waals surface area contributed by atoms with Crippen LogP contribution in [0.25, 0.3) is 0 Å². The second-order valence-electron chi connectivity index (χ2n) is 4.01. The predicted molar refractivity (Wildman–Crippen MR) is 68.7 cm³/mol. The Balaban J connectivity index is 1.90. The van der Waals surface area contributed by atoms with E-state index in [2.05, 4.69) is 10.6 Å². The number of primary amides is 1. The number of morpholine rings is 1. The molecular formula is C11H15N3O3S. The molecule has 2 heterocycles. The van der Waals surface area contributed by atoms with Crippen molar-refractivity contribution < 1.29 is 14.3 Å². The Hall–Kier alpha value is -1.44. The molecule has 1 saturated heterocycles. The molecule has 98 valence electrons. The van der Waals surface area contributed by atoms with Crippen molar-refractivity contribution in [2.24, 2.45) is 5.73 Å². The second kappa shape index (κ2) is 5.94. The van der Waals surface area contributed by atoms with Gasteiger partial charge in [-0.2, -0.15) is 0 Å². The Morgan fingerprint density at radius 1 is 1.61 bits per heavy atom. The van der Waals surface area contributed by atoms with Gasteiger partial charge in [0.05, 0.1) is 18.8 Å². The van der Waals surface area contributed by atoms with Crippen molar-refractivity contribution in [3.05, 3.63) is 17.0 Å². The van der Waals surface area contributed by atoms with Gasteiger partial charge in [0.2, 0.25) is 5.91 Å². The minimum absolute atomic E-state index is 0.0238. The zero-order valence-corrected chi connectivity index (χ0v) is 10.6. The molecule has 0 aliphatic carbocycles. The summed E-state index contributed by atoms with van der Waals surface area (Å²) in [5.74, 6) is -0.686. The molecule has 1 aromatic heterocycles. The van der Waals surface area contributed by atoms with Crippen LogP contribution in [0.3, 0.4) is 0 Å². The second-order valence-corrected chi connectivity index (χ2v) is 4.92. The zero-order valence-electron chi connectivity index (χ0n) is 9.77. The molecule has 0 spiro atoms. The van der Waals surface area contributed by atoms with Gasteiger partial charge in [-0.3, -0.25) is 9.59 Å². The number of carbonyl (C=O) groups is 2. The van der Waals surface area contributed by atoms with Crippen LogP contribution in [0.15, 0.2) is 11.4 Å². The summed E-state index contributed by atoms with van der Waals surface area (Å²) in [7, 11) is 0. The molecule has 1 aromatic rings. The highest BCUT2D eigenvalue weighted by molar-refractivity contribution is 7.14. The molecule has 1 aliphatic rings. The van der Waals surface area contributed by atoms with Crippen LogP contribution in [0.2, 0.25) is 0 Å². The van der Waals surface area contributed by atoms with E-state index in [1.807, 2.05) is 0 Å². The summed E-state index contributed by atoms with van der Waals surface area (Å²) in [5.41, 5.74) is 5.55. The number of carbonyl (C=O) groups excluding carboxylic acids is 2. The van der Waals surface area contributed by atoms with E-state index in [1.54, 1.807) is 11.4 Å². The Bertz CT molecular complexity index is 440. The highest BCUT2D eigenvalue weighted by Crippen LogP contribution is 2.22. The SMILES string of the molecule is NC(=O)c1ccsc1NC(=O)CC1COCCN1. The van der Waals surface area contributed by atoms with Crippen LogP contribution in [0.1, 0.15) is 16.8 Å². The smallest absolute Gasteiger partial charge is 0.251 e. The van der Waals surface area contributed by atoms with Crippen molar-refractivity contribution in [3.8, 4) is 0 Å². The minimum Gasteiger partial charge on any atom is -0.378 e. The number of amides is 2. The molecule has 18 heavy (non-hydrogen) atoms. The van der Waals surface area contributed by atoms with Gasteiger partial charge in [-0.15, -0.1) is 11.3 Å². The first-order valence-corrected chi connectivity index (χ1v) is 6.53. The molecule has 0 bridgehead atoms. The number of hydrogen-bond acceptors (Lipinski definition) is 5. The molecular weight excluding hydrogens is 254 g/mol. The van der Waals surface area contributed by atoms with Crippen molar-refractivity contribution in [2.75, 3.05) is 25.1 Å². The maximum absolute atomic E-state index is 11.8. The van der Waals surface area contributed by atoms with E-state index in [9.17, 15) is 9.59 Å². The fourth-order valence-corrected chi connectivity index (χ4v) is 2.56. The monoisotopic (exact) mass is 269 g/mol. The molecule has 0 aromatic carbocycles. The number of anilines is 1. The highest BCUT2D eigenvalue weighted by atomic mass is 32.1. The lowest BCUT2D eigenvalue weighted by atomic mass is 10.2. The van der Waals surface area contributed by atoms with Crippen LogP contribution in [0.5, 0.6) is 0 Å². The van der Waals surface area contributed by atoms with Crippen LogP contribution in [0, 0.1) is 0 Å². The number of thiophene rings is 1. The van der Waals surface area contributed by atoms with E-state index in [0.29, 0.717) is 30.2 Å². The number of rotatable bonds is 4. The lowest BCUT2D eigenvalue weighted by Gasteiger charge is -2.23. The minimum atomic E-state index is -0.536. The zero-order chi connectivity index (χ0) is 13.0. The van der Waals surface area contributed by atoms with Crippen LogP contribution < -0.4 is 16.4 Å². The van der Waals surface area contributed by atoms with Crippen molar-refractivity contribution >= 4 is 28.2 Å². The van der Waals surface area contributed by atoms with Crippen LogP contribution in [0.4, 0.5) is 5.00 Å². The van der Waals surface area contributed by atoms with Gasteiger partial charge < -0.3 is 21.1 Å². The van der Waals surface area contributed by atoms with E-state index >= 15 is 0 Å². The standard InChI is InChI=1S/C11H15N3O3S/c12-10(16)8-1-4-18-11(8)14-9(15)5-7-6-17-3-2-13-7/h1,4,7,13H,2-3,5-6H2,(H2,12,16)(H,14,15). The summed E-state index contributed by atoms with van der Waals surface area (Å²) in [5, 5.41) is 8.12. The van der Waals surface area contributed by atoms with Gasteiger partial charge in [-0.25, -0.2) is 0 Å². The summed E-state index contributed by atoms with van der Waals surface area (Å²) in [6.45, 7) is 1.96. The molecule has 6 nitrogen and oxygen atoms in total. The number of nitrogens with one attached hydrogen (secondary N) is 2. The van der Waals surface area contributed by atoms with E-state index in [0.717, 1.165) is 6.54 Å². The number of nitrogens with two attached hydrogens (primary N) is 1. The van der Waals surface area contributed by atoms with Crippen molar-refractivity contribution in [2.45, 2.75) is 12.5 Å². The summed E-state index contributed by atoms with van der Waals surface area (Å²) in [4.78, 5) is 22.9. The average molecular weight is 269 g/mol. The first kappa shape index (κ1) is 13.0. The molecule has 2 rings (SSSR count). The molecule has 1 fully saturated rings. The lowest BCUT2D eigenvalue weighted by Crippen LogP contribution is -2.43. The fourth-order valence-electron chi connectivity index (χ4n) is 1.75. The molecule has 1 unspecified atom stereocenters. The Morgan fingerprint density at radius 3 is 3.11 bits per heavy atom. The van der Waals surface area contributed by atoms with E-state index in [1.165, 1.54) is 11.3 Å². The van der Waals surface area contributed by atoms with Gasteiger partial charge in [0.25, 0.3) is 5.91 Å². The van der Waals surface area contributed by atoms with Crippen molar-refractivity contribution in [3.63, 3.8) is 0 Å². The van der Waals surface area contributed by atoms with Gasteiger partial charge in [0.1, 0.15) is 5.00 Å². The Morgan fingerprint density at radius 2 is 2.44 bits per heavy atom. The van der Waals surface area contributed by atoms with E-state index in [-0.39, 0.29) is 11.9 Å².